The van der Waals surface area contributed by atoms with E-state index in [0.29, 0.717) is 0 Å². The number of nitrogens with zero attached hydrogens (tertiary/aromatic N) is 6. The highest BCUT2D eigenvalue weighted by atomic mass is 15.3. The SMILES string of the molecule is CN(C)c1nc2c(c(N(C)Cc3nccn3C)n1)CCNC2. The Morgan fingerprint density at radius 2 is 2.09 bits per heavy atom. The van der Waals surface area contributed by atoms with Crippen LogP contribution in [0.2, 0.25) is 0 Å². The van der Waals surface area contributed by atoms with Crippen molar-refractivity contribution in [3.8, 4) is 0 Å². The number of imidazole rings is 1. The number of aryl methyl sites for hydroxylation is 1. The lowest BCUT2D eigenvalue weighted by molar-refractivity contribution is 0.618. The molecule has 2 aromatic rings. The molecule has 0 unspecified atom stereocenters. The molecule has 118 valence electrons. The number of aromatic nitrogens is 4. The smallest absolute Gasteiger partial charge is 0.227 e. The van der Waals surface area contributed by atoms with Crippen LogP contribution in [-0.4, -0.2) is 47.2 Å². The summed E-state index contributed by atoms with van der Waals surface area (Å²) in [6, 6.07) is 0. The molecule has 1 aliphatic heterocycles. The average molecular weight is 301 g/mol. The molecule has 7 heteroatoms. The van der Waals surface area contributed by atoms with Gasteiger partial charge in [-0.05, 0) is 13.0 Å². The highest BCUT2D eigenvalue weighted by Crippen LogP contribution is 2.26. The minimum atomic E-state index is 0.729. The fourth-order valence-electron chi connectivity index (χ4n) is 2.68. The summed E-state index contributed by atoms with van der Waals surface area (Å²) in [4.78, 5) is 18.0. The first-order valence-electron chi connectivity index (χ1n) is 7.51. The Balaban J connectivity index is 1.97. The van der Waals surface area contributed by atoms with Crippen LogP contribution in [0.4, 0.5) is 11.8 Å². The summed E-state index contributed by atoms with van der Waals surface area (Å²) in [5.74, 6) is 2.79. The number of nitrogens with one attached hydrogen (secondary N) is 1. The second-order valence-electron chi connectivity index (χ2n) is 5.90. The molecule has 0 saturated heterocycles. The van der Waals surface area contributed by atoms with Gasteiger partial charge in [0.15, 0.2) is 0 Å². The van der Waals surface area contributed by atoms with E-state index in [-0.39, 0.29) is 0 Å². The molecular formula is C15H23N7. The zero-order chi connectivity index (χ0) is 15.7. The lowest BCUT2D eigenvalue weighted by Crippen LogP contribution is -2.30. The van der Waals surface area contributed by atoms with Gasteiger partial charge >= 0.3 is 0 Å². The van der Waals surface area contributed by atoms with Gasteiger partial charge in [-0.25, -0.2) is 9.97 Å². The van der Waals surface area contributed by atoms with E-state index in [1.54, 1.807) is 0 Å². The molecule has 0 fully saturated rings. The topological polar surface area (TPSA) is 62.1 Å². The van der Waals surface area contributed by atoms with Gasteiger partial charge in [0.2, 0.25) is 5.95 Å². The van der Waals surface area contributed by atoms with E-state index < -0.39 is 0 Å². The third kappa shape index (κ3) is 2.76. The quantitative estimate of drug-likeness (QED) is 0.890. The molecule has 0 saturated carbocycles. The van der Waals surface area contributed by atoms with Crippen molar-refractivity contribution in [1.29, 1.82) is 0 Å². The van der Waals surface area contributed by atoms with Crippen LogP contribution in [0.25, 0.3) is 0 Å². The summed E-state index contributed by atoms with van der Waals surface area (Å²) < 4.78 is 2.04. The molecule has 22 heavy (non-hydrogen) atoms. The monoisotopic (exact) mass is 301 g/mol. The first-order chi connectivity index (χ1) is 10.6. The zero-order valence-corrected chi connectivity index (χ0v) is 13.7. The second kappa shape index (κ2) is 5.92. The summed E-state index contributed by atoms with van der Waals surface area (Å²) in [6.45, 7) is 2.51. The second-order valence-corrected chi connectivity index (χ2v) is 5.90. The van der Waals surface area contributed by atoms with Crippen LogP contribution in [-0.2, 0) is 26.6 Å². The van der Waals surface area contributed by atoms with Crippen molar-refractivity contribution in [3.05, 3.63) is 29.5 Å². The fourth-order valence-corrected chi connectivity index (χ4v) is 2.68. The highest BCUT2D eigenvalue weighted by molar-refractivity contribution is 5.53. The molecule has 1 aliphatic rings. The molecule has 0 radical (unpaired) electrons. The first kappa shape index (κ1) is 14.8. The first-order valence-corrected chi connectivity index (χ1v) is 7.51. The van der Waals surface area contributed by atoms with Gasteiger partial charge in [0.1, 0.15) is 11.6 Å². The van der Waals surface area contributed by atoms with E-state index in [4.69, 9.17) is 4.98 Å². The van der Waals surface area contributed by atoms with E-state index in [1.165, 1.54) is 5.56 Å². The van der Waals surface area contributed by atoms with Crippen molar-refractivity contribution in [2.24, 2.45) is 7.05 Å². The van der Waals surface area contributed by atoms with Crippen molar-refractivity contribution >= 4 is 11.8 Å². The van der Waals surface area contributed by atoms with Gasteiger partial charge in [0.05, 0.1) is 12.2 Å². The van der Waals surface area contributed by atoms with Gasteiger partial charge in [0.25, 0.3) is 0 Å². The van der Waals surface area contributed by atoms with Crippen LogP contribution in [0.3, 0.4) is 0 Å². The summed E-state index contributed by atoms with van der Waals surface area (Å²) in [5, 5.41) is 3.38. The van der Waals surface area contributed by atoms with Crippen LogP contribution in [0.5, 0.6) is 0 Å². The Hall–Kier alpha value is -2.15. The summed E-state index contributed by atoms with van der Waals surface area (Å²) in [5.41, 5.74) is 2.35. The van der Waals surface area contributed by atoms with Crippen molar-refractivity contribution in [2.45, 2.75) is 19.5 Å². The number of hydrogen-bond donors (Lipinski definition) is 1. The van der Waals surface area contributed by atoms with Crippen molar-refractivity contribution in [3.63, 3.8) is 0 Å². The minimum Gasteiger partial charge on any atom is -0.352 e. The van der Waals surface area contributed by atoms with Crippen molar-refractivity contribution in [1.82, 2.24) is 24.8 Å². The van der Waals surface area contributed by atoms with Crippen LogP contribution < -0.4 is 15.1 Å². The molecule has 2 aromatic heterocycles. The Morgan fingerprint density at radius 1 is 1.27 bits per heavy atom. The Kier molecular flexibility index (Phi) is 3.98. The van der Waals surface area contributed by atoms with Crippen LogP contribution in [0, 0.1) is 0 Å². The van der Waals surface area contributed by atoms with E-state index in [0.717, 1.165) is 49.3 Å². The molecule has 0 atom stereocenters. The summed E-state index contributed by atoms with van der Waals surface area (Å²) >= 11 is 0. The molecule has 0 bridgehead atoms. The maximum absolute atomic E-state index is 4.77. The number of anilines is 2. The molecule has 1 N–H and O–H groups in total. The van der Waals surface area contributed by atoms with Crippen LogP contribution >= 0.6 is 0 Å². The molecule has 0 spiro atoms. The van der Waals surface area contributed by atoms with Crippen molar-refractivity contribution in [2.75, 3.05) is 37.5 Å². The van der Waals surface area contributed by atoms with Crippen LogP contribution in [0.1, 0.15) is 17.1 Å². The fraction of sp³-hybridized carbons (Fsp3) is 0.533. The minimum absolute atomic E-state index is 0.729. The average Bonchev–Trinajstić information content (AvgIpc) is 2.91. The summed E-state index contributed by atoms with van der Waals surface area (Å²) in [6.07, 6.45) is 4.75. The molecule has 3 rings (SSSR count). The normalized spacial score (nSPS) is 13.8. The Morgan fingerprint density at radius 3 is 2.77 bits per heavy atom. The predicted molar refractivity (Wildman–Crippen MR) is 87.1 cm³/mol. The third-order valence-electron chi connectivity index (χ3n) is 3.96. The van der Waals surface area contributed by atoms with Gasteiger partial charge in [-0.2, -0.15) is 4.98 Å². The number of hydrogen-bond acceptors (Lipinski definition) is 6. The van der Waals surface area contributed by atoms with Gasteiger partial charge < -0.3 is 19.7 Å². The van der Waals surface area contributed by atoms with Gasteiger partial charge in [-0.1, -0.05) is 0 Å². The lowest BCUT2D eigenvalue weighted by Gasteiger charge is -2.27. The summed E-state index contributed by atoms with van der Waals surface area (Å²) in [7, 11) is 8.03. The van der Waals surface area contributed by atoms with Crippen molar-refractivity contribution < 1.29 is 0 Å². The Labute approximate surface area is 131 Å². The molecule has 0 aromatic carbocycles. The Bertz CT molecular complexity index is 662. The molecule has 0 aliphatic carbocycles. The highest BCUT2D eigenvalue weighted by Gasteiger charge is 2.21. The predicted octanol–water partition coefficient (Wildman–Crippen LogP) is 0.558. The number of fused-ring (bicyclic) bond motifs is 1. The van der Waals surface area contributed by atoms with Gasteiger partial charge in [0, 0.05) is 52.7 Å². The largest absolute Gasteiger partial charge is 0.352 e. The molecule has 3 heterocycles. The van der Waals surface area contributed by atoms with E-state index >= 15 is 0 Å². The lowest BCUT2D eigenvalue weighted by atomic mass is 10.1. The number of rotatable bonds is 4. The van der Waals surface area contributed by atoms with E-state index in [9.17, 15) is 0 Å². The molecule has 0 amide bonds. The standard InChI is InChI=1S/C15H23N7/c1-20(2)15-18-12-9-16-6-5-11(12)14(19-15)22(4)10-13-17-7-8-21(13)3/h7-8,16H,5-6,9-10H2,1-4H3. The van der Waals surface area contributed by atoms with Crippen LogP contribution in [0.15, 0.2) is 12.4 Å². The van der Waals surface area contributed by atoms with E-state index in [1.807, 2.05) is 43.0 Å². The maximum Gasteiger partial charge on any atom is 0.227 e. The van der Waals surface area contributed by atoms with Gasteiger partial charge in [-0.3, -0.25) is 0 Å². The molecule has 7 nitrogen and oxygen atoms in total. The van der Waals surface area contributed by atoms with Gasteiger partial charge in [-0.15, -0.1) is 0 Å². The zero-order valence-electron chi connectivity index (χ0n) is 13.7. The van der Waals surface area contributed by atoms with E-state index in [2.05, 4.69) is 27.2 Å². The third-order valence-corrected chi connectivity index (χ3v) is 3.96. The molecular weight excluding hydrogens is 278 g/mol. The maximum atomic E-state index is 4.77.